The fourth-order valence-corrected chi connectivity index (χ4v) is 6.39. The summed E-state index contributed by atoms with van der Waals surface area (Å²) in [7, 11) is 2.12. The van der Waals surface area contributed by atoms with Crippen LogP contribution < -0.4 is 9.64 Å². The number of halogens is 4. The number of hydrogen-bond acceptors (Lipinski definition) is 5. The summed E-state index contributed by atoms with van der Waals surface area (Å²) < 4.78 is 47.7. The molecule has 2 aliphatic rings. The van der Waals surface area contributed by atoms with Crippen molar-refractivity contribution >= 4 is 29.0 Å². The molecule has 6 nitrogen and oxygen atoms in total. The van der Waals surface area contributed by atoms with Crippen molar-refractivity contribution in [3.05, 3.63) is 59.2 Å². The number of piperazine rings is 1. The molecule has 1 amide bonds. The maximum Gasteiger partial charge on any atom is 0.416 e. The van der Waals surface area contributed by atoms with Gasteiger partial charge in [-0.05, 0) is 61.7 Å². The van der Waals surface area contributed by atoms with E-state index in [0.29, 0.717) is 17.9 Å². The molecule has 2 aromatic carbocycles. The topological polar surface area (TPSA) is 53.1 Å². The van der Waals surface area contributed by atoms with Gasteiger partial charge in [-0.25, -0.2) is 0 Å². The van der Waals surface area contributed by atoms with Crippen molar-refractivity contribution in [2.75, 3.05) is 57.2 Å². The normalized spacial score (nSPS) is 17.9. The third-order valence-electron chi connectivity index (χ3n) is 8.69. The van der Waals surface area contributed by atoms with Crippen molar-refractivity contribution in [1.82, 2.24) is 9.80 Å². The number of alkyl halides is 4. The van der Waals surface area contributed by atoms with Gasteiger partial charge < -0.3 is 14.5 Å². The highest BCUT2D eigenvalue weighted by atomic mass is 35.5. The fourth-order valence-electron chi connectivity index (χ4n) is 6.26. The van der Waals surface area contributed by atoms with Gasteiger partial charge in [-0.3, -0.25) is 14.5 Å². The number of Topliss-reactive ketones (excluding diaryl/α,β-unsaturated/α-hetero) is 1. The van der Waals surface area contributed by atoms with E-state index >= 15 is 0 Å². The first-order valence-corrected chi connectivity index (χ1v) is 15.8. The zero-order valence-electron chi connectivity index (χ0n) is 25.2. The molecule has 1 unspecified atom stereocenters. The molecule has 1 saturated heterocycles. The molecule has 1 aliphatic heterocycles. The molecular weight excluding hydrogens is 579 g/mol. The predicted molar refractivity (Wildman–Crippen MR) is 164 cm³/mol. The number of rotatable bonds is 12. The molecule has 43 heavy (non-hydrogen) atoms. The maximum absolute atomic E-state index is 14.1. The van der Waals surface area contributed by atoms with Crippen LogP contribution in [-0.2, 0) is 15.8 Å². The molecular formula is C33H43ClF3N3O3. The van der Waals surface area contributed by atoms with Crippen molar-refractivity contribution < 1.29 is 27.5 Å². The van der Waals surface area contributed by atoms with Crippen LogP contribution in [0.4, 0.5) is 18.9 Å². The van der Waals surface area contributed by atoms with Crippen molar-refractivity contribution in [1.29, 1.82) is 0 Å². The number of amides is 1. The second-order valence-electron chi connectivity index (χ2n) is 11.8. The first-order valence-electron chi connectivity index (χ1n) is 15.3. The lowest BCUT2D eigenvalue weighted by molar-refractivity contribution is -0.138. The Morgan fingerprint density at radius 2 is 1.74 bits per heavy atom. The Kier molecular flexibility index (Phi) is 11.9. The van der Waals surface area contributed by atoms with E-state index in [1.165, 1.54) is 24.0 Å². The number of likely N-dealkylation sites (N-methyl/N-ethyl adjacent to an activating group) is 1. The Morgan fingerprint density at radius 1 is 1.05 bits per heavy atom. The molecule has 0 bridgehead atoms. The molecule has 1 heterocycles. The molecule has 4 rings (SSSR count). The van der Waals surface area contributed by atoms with Gasteiger partial charge in [0.05, 0.1) is 12.2 Å². The second kappa shape index (κ2) is 15.4. The molecule has 1 saturated carbocycles. The van der Waals surface area contributed by atoms with Gasteiger partial charge in [-0.2, -0.15) is 13.2 Å². The molecule has 2 aromatic rings. The number of hydrogen-bond donors (Lipinski definition) is 0. The van der Waals surface area contributed by atoms with Crippen LogP contribution in [0.3, 0.4) is 0 Å². The smallest absolute Gasteiger partial charge is 0.416 e. The summed E-state index contributed by atoms with van der Waals surface area (Å²) in [6, 6.07) is 9.59. The maximum atomic E-state index is 14.1. The largest absolute Gasteiger partial charge is 0.494 e. The van der Waals surface area contributed by atoms with E-state index in [2.05, 4.69) is 16.8 Å². The van der Waals surface area contributed by atoms with Gasteiger partial charge in [0, 0.05) is 44.8 Å². The molecule has 1 atom stereocenters. The summed E-state index contributed by atoms with van der Waals surface area (Å²) in [5.41, 5.74) is -0.456. The van der Waals surface area contributed by atoms with Crippen LogP contribution in [0.25, 0.3) is 0 Å². The molecule has 1 aliphatic carbocycles. The molecule has 2 fully saturated rings. The number of anilines is 1. The van der Waals surface area contributed by atoms with E-state index in [9.17, 15) is 22.8 Å². The van der Waals surface area contributed by atoms with Crippen LogP contribution >= 0.6 is 11.6 Å². The van der Waals surface area contributed by atoms with Gasteiger partial charge in [0.25, 0.3) is 0 Å². The lowest BCUT2D eigenvalue weighted by Crippen LogP contribution is -2.44. The molecule has 0 aromatic heterocycles. The van der Waals surface area contributed by atoms with Crippen molar-refractivity contribution in [2.45, 2.75) is 64.1 Å². The van der Waals surface area contributed by atoms with Crippen LogP contribution in [0.1, 0.15) is 67.7 Å². The minimum absolute atomic E-state index is 0.0287. The van der Waals surface area contributed by atoms with Crippen LogP contribution in [0.5, 0.6) is 5.75 Å². The number of benzene rings is 2. The Balaban J connectivity index is 1.62. The quantitative estimate of drug-likeness (QED) is 0.191. The van der Waals surface area contributed by atoms with E-state index < -0.39 is 29.6 Å². The van der Waals surface area contributed by atoms with Crippen molar-refractivity contribution in [2.24, 2.45) is 5.92 Å². The van der Waals surface area contributed by atoms with Gasteiger partial charge in [-0.15, -0.1) is 11.6 Å². The van der Waals surface area contributed by atoms with Gasteiger partial charge >= 0.3 is 6.18 Å². The highest BCUT2D eigenvalue weighted by molar-refractivity contribution is 6.30. The number of ketones is 1. The number of ether oxygens (including phenoxy) is 1. The third kappa shape index (κ3) is 8.96. The van der Waals surface area contributed by atoms with Crippen LogP contribution in [0.15, 0.2) is 42.5 Å². The second-order valence-corrected chi connectivity index (χ2v) is 12.1. The zero-order valence-corrected chi connectivity index (χ0v) is 25.9. The first kappa shape index (κ1) is 33.3. The number of carbonyl (C=O) groups excluding carboxylic acids is 2. The van der Waals surface area contributed by atoms with Crippen LogP contribution in [0.2, 0.25) is 0 Å². The number of nitrogens with zero attached hydrogens (tertiary/aromatic N) is 3. The van der Waals surface area contributed by atoms with Crippen LogP contribution in [-0.4, -0.2) is 73.7 Å². The zero-order chi connectivity index (χ0) is 31.0. The van der Waals surface area contributed by atoms with E-state index in [-0.39, 0.29) is 29.4 Å². The van der Waals surface area contributed by atoms with E-state index in [0.717, 1.165) is 77.3 Å². The lowest BCUT2D eigenvalue weighted by atomic mass is 9.83. The minimum Gasteiger partial charge on any atom is -0.494 e. The summed E-state index contributed by atoms with van der Waals surface area (Å²) in [5.74, 6) is -0.608. The molecule has 0 spiro atoms. The van der Waals surface area contributed by atoms with Gasteiger partial charge in [-0.1, -0.05) is 50.3 Å². The molecule has 0 radical (unpaired) electrons. The summed E-state index contributed by atoms with van der Waals surface area (Å²) in [6.07, 6.45) is 1.50. The van der Waals surface area contributed by atoms with Crippen LogP contribution in [0, 0.1) is 12.8 Å². The van der Waals surface area contributed by atoms with E-state index in [1.54, 1.807) is 24.3 Å². The summed E-state index contributed by atoms with van der Waals surface area (Å²) in [6.45, 7) is 6.86. The minimum atomic E-state index is -4.62. The predicted octanol–water partition coefficient (Wildman–Crippen LogP) is 6.88. The molecule has 236 valence electrons. The standard InChI is InChI=1S/C33H43ClF3N3O3/c1-24-28(33(35,36)37)13-7-14-29(24)40(31(42)23-34)32(30(41)21-25-9-4-3-5-10-25)26-11-6-12-27(22-26)43-20-8-15-39-18-16-38(2)17-19-39/h6-7,11-14,22,25,32H,3-5,8-10,15-21,23H2,1-2H3. The lowest BCUT2D eigenvalue weighted by Gasteiger charge is -2.34. The van der Waals surface area contributed by atoms with Gasteiger partial charge in [0.1, 0.15) is 17.7 Å². The summed E-state index contributed by atoms with van der Waals surface area (Å²) in [4.78, 5) is 33.4. The number of carbonyl (C=O) groups is 2. The summed E-state index contributed by atoms with van der Waals surface area (Å²) >= 11 is 6.04. The summed E-state index contributed by atoms with van der Waals surface area (Å²) in [5, 5.41) is 0. The first-order chi connectivity index (χ1) is 20.6. The van der Waals surface area contributed by atoms with Crippen molar-refractivity contribution in [3.63, 3.8) is 0 Å². The third-order valence-corrected chi connectivity index (χ3v) is 8.92. The highest BCUT2D eigenvalue weighted by Gasteiger charge is 2.38. The van der Waals surface area contributed by atoms with E-state index in [4.69, 9.17) is 16.3 Å². The Morgan fingerprint density at radius 3 is 2.42 bits per heavy atom. The molecule has 0 N–H and O–H groups in total. The van der Waals surface area contributed by atoms with E-state index in [1.807, 2.05) is 0 Å². The SMILES string of the molecule is Cc1c(N(C(=O)CCl)C(C(=O)CC2CCCCC2)c2cccc(OCCCN3CCN(C)CC3)c2)cccc1C(F)(F)F. The Hall–Kier alpha value is -2.62. The highest BCUT2D eigenvalue weighted by Crippen LogP contribution is 2.40. The average molecular weight is 622 g/mol. The fraction of sp³-hybridized carbons (Fsp3) is 0.576. The monoisotopic (exact) mass is 621 g/mol. The van der Waals surface area contributed by atoms with Crippen molar-refractivity contribution in [3.8, 4) is 5.75 Å². The average Bonchev–Trinajstić information content (AvgIpc) is 2.99. The Labute approximate surface area is 258 Å². The van der Waals surface area contributed by atoms with Gasteiger partial charge in [0.2, 0.25) is 5.91 Å². The van der Waals surface area contributed by atoms with Gasteiger partial charge in [0.15, 0.2) is 5.78 Å². The Bertz CT molecular complexity index is 1230. The molecule has 10 heteroatoms.